The van der Waals surface area contributed by atoms with Gasteiger partial charge in [0.2, 0.25) is 0 Å². The first-order valence-corrected chi connectivity index (χ1v) is 3.41. The van der Waals surface area contributed by atoms with Crippen LogP contribution in [0.15, 0.2) is 0 Å². The van der Waals surface area contributed by atoms with Gasteiger partial charge in [-0.2, -0.15) is 0 Å². The number of rotatable bonds is 3. The van der Waals surface area contributed by atoms with Crippen LogP contribution in [0.25, 0.3) is 0 Å². The topological polar surface area (TPSA) is 64.3 Å². The lowest BCUT2D eigenvalue weighted by atomic mass is 10.7. The van der Waals surface area contributed by atoms with Gasteiger partial charge in [0.1, 0.15) is 0 Å². The van der Waals surface area contributed by atoms with E-state index in [1.54, 1.807) is 0 Å². The van der Waals surface area contributed by atoms with E-state index in [2.05, 4.69) is 5.32 Å². The molecular formula is C6H12N2O2. The number of carbonyl (C=O) groups excluding carboxylic acids is 1. The Balaban J connectivity index is 2.07. The second kappa shape index (κ2) is 2.88. The largest absolute Gasteiger partial charge is 0.376 e. The first-order valence-electron chi connectivity index (χ1n) is 3.41. The molecule has 1 aliphatic carbocycles. The Morgan fingerprint density at radius 1 is 1.90 bits per heavy atom. The standard InChI is InChI=1S/C6H12N2O2/c1-2-10-5-3-4(5)8-6(7)9/h4-5H,2-3H2,1H3,(H3,7,8,9). The average Bonchev–Trinajstić information content (AvgIpc) is 2.47. The fraction of sp³-hybridized carbons (Fsp3) is 0.833. The van der Waals surface area contributed by atoms with Gasteiger partial charge in [0.05, 0.1) is 12.1 Å². The number of hydrogen-bond donors (Lipinski definition) is 2. The fourth-order valence-corrected chi connectivity index (χ4v) is 0.905. The minimum absolute atomic E-state index is 0.164. The molecule has 0 saturated heterocycles. The van der Waals surface area contributed by atoms with Crippen molar-refractivity contribution in [2.75, 3.05) is 6.61 Å². The van der Waals surface area contributed by atoms with Crippen molar-refractivity contribution in [1.29, 1.82) is 0 Å². The van der Waals surface area contributed by atoms with E-state index >= 15 is 0 Å². The van der Waals surface area contributed by atoms with Gasteiger partial charge in [0, 0.05) is 6.61 Å². The Morgan fingerprint density at radius 3 is 3.10 bits per heavy atom. The summed E-state index contributed by atoms with van der Waals surface area (Å²) in [7, 11) is 0. The third-order valence-electron chi connectivity index (χ3n) is 1.44. The van der Waals surface area contributed by atoms with E-state index in [0.717, 1.165) is 6.42 Å². The molecule has 2 atom stereocenters. The van der Waals surface area contributed by atoms with Crippen molar-refractivity contribution in [3.05, 3.63) is 0 Å². The Bertz CT molecular complexity index is 138. The normalized spacial score (nSPS) is 29.7. The molecule has 58 valence electrons. The lowest BCUT2D eigenvalue weighted by Gasteiger charge is -1.99. The minimum Gasteiger partial charge on any atom is -0.376 e. The molecule has 0 aliphatic heterocycles. The molecule has 0 aromatic heterocycles. The van der Waals surface area contributed by atoms with Crippen LogP contribution in [0.1, 0.15) is 13.3 Å². The Morgan fingerprint density at radius 2 is 2.60 bits per heavy atom. The predicted octanol–water partition coefficient (Wildman–Crippen LogP) is -0.168. The highest BCUT2D eigenvalue weighted by molar-refractivity contribution is 5.72. The molecule has 1 fully saturated rings. The zero-order valence-electron chi connectivity index (χ0n) is 5.96. The van der Waals surface area contributed by atoms with E-state index in [1.165, 1.54) is 0 Å². The molecule has 2 unspecified atom stereocenters. The van der Waals surface area contributed by atoms with Crippen molar-refractivity contribution < 1.29 is 9.53 Å². The van der Waals surface area contributed by atoms with Gasteiger partial charge in [-0.25, -0.2) is 4.79 Å². The third-order valence-corrected chi connectivity index (χ3v) is 1.44. The number of primary amides is 1. The summed E-state index contributed by atoms with van der Waals surface area (Å²) in [5, 5.41) is 2.57. The van der Waals surface area contributed by atoms with Gasteiger partial charge >= 0.3 is 6.03 Å². The van der Waals surface area contributed by atoms with E-state index in [9.17, 15) is 4.79 Å². The molecule has 10 heavy (non-hydrogen) atoms. The van der Waals surface area contributed by atoms with Gasteiger partial charge in [0.15, 0.2) is 0 Å². The number of nitrogens with one attached hydrogen (secondary N) is 1. The number of ether oxygens (including phenoxy) is 1. The first kappa shape index (κ1) is 7.34. The molecule has 0 bridgehead atoms. The van der Waals surface area contributed by atoms with Crippen LogP contribution in [-0.2, 0) is 4.74 Å². The van der Waals surface area contributed by atoms with Crippen LogP contribution in [0, 0.1) is 0 Å². The number of nitrogens with two attached hydrogens (primary N) is 1. The molecule has 0 radical (unpaired) electrons. The molecule has 0 aromatic rings. The van der Waals surface area contributed by atoms with Crippen LogP contribution in [-0.4, -0.2) is 24.8 Å². The smallest absolute Gasteiger partial charge is 0.312 e. The van der Waals surface area contributed by atoms with Crippen LogP contribution in [0.4, 0.5) is 4.79 Å². The van der Waals surface area contributed by atoms with E-state index in [4.69, 9.17) is 10.5 Å². The zero-order chi connectivity index (χ0) is 7.56. The van der Waals surface area contributed by atoms with Crippen LogP contribution in [0.5, 0.6) is 0 Å². The molecular weight excluding hydrogens is 132 g/mol. The van der Waals surface area contributed by atoms with Gasteiger partial charge in [-0.05, 0) is 13.3 Å². The van der Waals surface area contributed by atoms with Gasteiger partial charge in [0.25, 0.3) is 0 Å². The SMILES string of the molecule is CCOC1CC1NC(N)=O. The van der Waals surface area contributed by atoms with E-state index in [1.807, 2.05) is 6.92 Å². The first-order chi connectivity index (χ1) is 4.74. The lowest BCUT2D eigenvalue weighted by Crippen LogP contribution is -2.33. The summed E-state index contributed by atoms with van der Waals surface area (Å²) in [5.41, 5.74) is 4.89. The highest BCUT2D eigenvalue weighted by Crippen LogP contribution is 2.24. The number of carbonyl (C=O) groups is 1. The Labute approximate surface area is 59.7 Å². The Hall–Kier alpha value is -0.770. The maximum Gasteiger partial charge on any atom is 0.312 e. The fourth-order valence-electron chi connectivity index (χ4n) is 0.905. The van der Waals surface area contributed by atoms with E-state index < -0.39 is 6.03 Å². The van der Waals surface area contributed by atoms with E-state index in [0.29, 0.717) is 6.61 Å². The van der Waals surface area contributed by atoms with Crippen LogP contribution in [0.3, 0.4) is 0 Å². The summed E-state index contributed by atoms with van der Waals surface area (Å²) in [5.74, 6) is 0. The number of hydrogen-bond acceptors (Lipinski definition) is 2. The summed E-state index contributed by atoms with van der Waals surface area (Å²) in [4.78, 5) is 10.3. The Kier molecular flexibility index (Phi) is 2.11. The van der Waals surface area contributed by atoms with Gasteiger partial charge < -0.3 is 15.8 Å². The summed E-state index contributed by atoms with van der Waals surface area (Å²) >= 11 is 0. The van der Waals surface area contributed by atoms with Gasteiger partial charge in [-0.3, -0.25) is 0 Å². The predicted molar refractivity (Wildman–Crippen MR) is 36.5 cm³/mol. The quantitative estimate of drug-likeness (QED) is 0.577. The third kappa shape index (κ3) is 1.88. The lowest BCUT2D eigenvalue weighted by molar-refractivity contribution is 0.126. The summed E-state index contributed by atoms with van der Waals surface area (Å²) in [6.07, 6.45) is 1.11. The maximum atomic E-state index is 10.3. The molecule has 2 amide bonds. The second-order valence-corrected chi connectivity index (χ2v) is 2.34. The monoisotopic (exact) mass is 144 g/mol. The average molecular weight is 144 g/mol. The van der Waals surface area contributed by atoms with Crippen LogP contribution < -0.4 is 11.1 Å². The molecule has 4 heteroatoms. The maximum absolute atomic E-state index is 10.3. The molecule has 0 aromatic carbocycles. The van der Waals surface area contributed by atoms with Crippen LogP contribution >= 0.6 is 0 Å². The molecule has 0 spiro atoms. The molecule has 0 heterocycles. The van der Waals surface area contributed by atoms with Crippen molar-refractivity contribution in [3.63, 3.8) is 0 Å². The number of urea groups is 1. The zero-order valence-corrected chi connectivity index (χ0v) is 5.96. The molecule has 1 rings (SSSR count). The highest BCUT2D eigenvalue weighted by Gasteiger charge is 2.38. The highest BCUT2D eigenvalue weighted by atomic mass is 16.5. The minimum atomic E-state index is -0.466. The molecule has 3 N–H and O–H groups in total. The van der Waals surface area contributed by atoms with Crippen molar-refractivity contribution in [3.8, 4) is 0 Å². The molecule has 1 saturated carbocycles. The molecule has 4 nitrogen and oxygen atoms in total. The summed E-state index contributed by atoms with van der Waals surface area (Å²) < 4.78 is 5.20. The van der Waals surface area contributed by atoms with Crippen molar-refractivity contribution in [2.24, 2.45) is 5.73 Å². The van der Waals surface area contributed by atoms with Crippen molar-refractivity contribution in [2.45, 2.75) is 25.5 Å². The number of amides is 2. The molecule has 1 aliphatic rings. The van der Waals surface area contributed by atoms with E-state index in [-0.39, 0.29) is 12.1 Å². The summed E-state index contributed by atoms with van der Waals surface area (Å²) in [6, 6.07) is -0.301. The van der Waals surface area contributed by atoms with Gasteiger partial charge in [-0.1, -0.05) is 0 Å². The second-order valence-electron chi connectivity index (χ2n) is 2.34. The van der Waals surface area contributed by atoms with Gasteiger partial charge in [-0.15, -0.1) is 0 Å². The van der Waals surface area contributed by atoms with Crippen LogP contribution in [0.2, 0.25) is 0 Å². The van der Waals surface area contributed by atoms with Crippen molar-refractivity contribution >= 4 is 6.03 Å². The summed E-state index contributed by atoms with van der Waals surface area (Å²) in [6.45, 7) is 2.63. The van der Waals surface area contributed by atoms with Crippen molar-refractivity contribution in [1.82, 2.24) is 5.32 Å².